The first kappa shape index (κ1) is 24.0. The van der Waals surface area contributed by atoms with Crippen LogP contribution in [0.1, 0.15) is 0 Å². The van der Waals surface area contributed by atoms with Gasteiger partial charge in [-0.1, -0.05) is 121 Å². The second kappa shape index (κ2) is 9.44. The number of fused-ring (bicyclic) bond motifs is 7. The smallest absolute Gasteiger partial charge is 0.0541 e. The molecule has 9 aromatic rings. The molecule has 9 rings (SSSR count). The average molecular weight is 546 g/mol. The maximum absolute atomic E-state index is 2.40. The van der Waals surface area contributed by atoms with Gasteiger partial charge in [-0.15, -0.1) is 0 Å². The molecule has 1 heteroatoms. The minimum Gasteiger partial charge on any atom is -0.309 e. The molecular weight excluding hydrogens is 518 g/mol. The van der Waals surface area contributed by atoms with Gasteiger partial charge in [0, 0.05) is 16.5 Å². The molecule has 0 atom stereocenters. The monoisotopic (exact) mass is 545 g/mol. The average Bonchev–Trinajstić information content (AvgIpc) is 3.41. The van der Waals surface area contributed by atoms with Crippen molar-refractivity contribution in [2.45, 2.75) is 0 Å². The Hall–Kier alpha value is -5.66. The van der Waals surface area contributed by atoms with E-state index in [1.165, 1.54) is 82.1 Å². The normalized spacial score (nSPS) is 11.7. The van der Waals surface area contributed by atoms with Crippen LogP contribution in [0.2, 0.25) is 0 Å². The van der Waals surface area contributed by atoms with Gasteiger partial charge in [-0.05, 0) is 97.0 Å². The highest BCUT2D eigenvalue weighted by Gasteiger charge is 2.14. The lowest BCUT2D eigenvalue weighted by Gasteiger charge is -2.13. The number of aromatic nitrogens is 1. The Morgan fingerprint density at radius 1 is 0.302 bits per heavy atom. The van der Waals surface area contributed by atoms with Crippen LogP contribution in [0.4, 0.5) is 0 Å². The molecule has 0 saturated heterocycles. The van der Waals surface area contributed by atoms with Crippen molar-refractivity contribution in [2.24, 2.45) is 0 Å². The van der Waals surface area contributed by atoms with E-state index < -0.39 is 0 Å². The molecule has 1 nitrogen and oxygen atoms in total. The zero-order valence-corrected chi connectivity index (χ0v) is 23.5. The summed E-state index contributed by atoms with van der Waals surface area (Å²) >= 11 is 0. The summed E-state index contributed by atoms with van der Waals surface area (Å²) in [6.45, 7) is 0. The first-order chi connectivity index (χ1) is 21.3. The van der Waals surface area contributed by atoms with E-state index in [9.17, 15) is 0 Å². The van der Waals surface area contributed by atoms with Crippen LogP contribution in [0.15, 0.2) is 164 Å². The number of nitrogens with zero attached hydrogens (tertiary/aromatic N) is 1. The third kappa shape index (κ3) is 3.79. The summed E-state index contributed by atoms with van der Waals surface area (Å²) < 4.78 is 2.40. The predicted octanol–water partition coefficient (Wildman–Crippen LogP) is 11.6. The second-order valence-corrected chi connectivity index (χ2v) is 11.4. The fourth-order valence-electron chi connectivity index (χ4n) is 6.91. The summed E-state index contributed by atoms with van der Waals surface area (Å²) in [7, 11) is 0. The first-order valence-electron chi connectivity index (χ1n) is 14.9. The molecule has 0 aliphatic carbocycles. The Balaban J connectivity index is 1.22. The molecule has 0 bridgehead atoms. The molecule has 0 spiro atoms. The van der Waals surface area contributed by atoms with Gasteiger partial charge < -0.3 is 4.57 Å². The van der Waals surface area contributed by atoms with Crippen LogP contribution < -0.4 is 0 Å². The van der Waals surface area contributed by atoms with E-state index in [0.717, 1.165) is 0 Å². The van der Waals surface area contributed by atoms with Gasteiger partial charge in [0.05, 0.1) is 11.0 Å². The van der Waals surface area contributed by atoms with Gasteiger partial charge in [0.15, 0.2) is 0 Å². The second-order valence-electron chi connectivity index (χ2n) is 11.4. The van der Waals surface area contributed by atoms with Crippen LogP contribution in [0.3, 0.4) is 0 Å². The van der Waals surface area contributed by atoms with Crippen molar-refractivity contribution >= 4 is 54.1 Å². The van der Waals surface area contributed by atoms with Crippen molar-refractivity contribution in [1.82, 2.24) is 4.57 Å². The molecule has 0 saturated carbocycles. The van der Waals surface area contributed by atoms with E-state index >= 15 is 0 Å². The van der Waals surface area contributed by atoms with Gasteiger partial charge in [-0.2, -0.15) is 0 Å². The minimum atomic E-state index is 1.18. The van der Waals surface area contributed by atoms with Crippen LogP contribution in [-0.4, -0.2) is 4.57 Å². The third-order valence-electron chi connectivity index (χ3n) is 8.94. The standard InChI is InChI=1S/C42H27N/c1-2-11-30-25-34(22-20-28(30)10-1)43-41-19-8-7-18-38(41)40-26-31(21-23-42(40)43)29-13-9-14-32(24-29)39-27-33-12-3-4-15-35(33)36-16-5-6-17-37(36)39/h1-27H. The molecule has 0 fully saturated rings. The molecule has 0 N–H and O–H groups in total. The molecule has 43 heavy (non-hydrogen) atoms. The molecule has 0 aliphatic heterocycles. The summed E-state index contributed by atoms with van der Waals surface area (Å²) in [4.78, 5) is 0. The van der Waals surface area contributed by atoms with Crippen molar-refractivity contribution < 1.29 is 0 Å². The van der Waals surface area contributed by atoms with Gasteiger partial charge in [-0.25, -0.2) is 0 Å². The Labute approximate surface area is 249 Å². The number of rotatable bonds is 3. The molecule has 0 aliphatic rings. The number of hydrogen-bond acceptors (Lipinski definition) is 0. The predicted molar refractivity (Wildman–Crippen MR) is 184 cm³/mol. The summed E-state index contributed by atoms with van der Waals surface area (Å²) in [5.41, 5.74) is 8.57. The fraction of sp³-hybridized carbons (Fsp3) is 0. The number of hydrogen-bond donors (Lipinski definition) is 0. The Morgan fingerprint density at radius 2 is 0.953 bits per heavy atom. The van der Waals surface area contributed by atoms with E-state index in [1.807, 2.05) is 0 Å². The number of para-hydroxylation sites is 1. The molecule has 0 radical (unpaired) electrons. The first-order valence-corrected chi connectivity index (χ1v) is 14.9. The van der Waals surface area contributed by atoms with Crippen LogP contribution >= 0.6 is 0 Å². The highest BCUT2D eigenvalue weighted by atomic mass is 15.0. The van der Waals surface area contributed by atoms with Gasteiger partial charge >= 0.3 is 0 Å². The lowest BCUT2D eigenvalue weighted by Crippen LogP contribution is -1.93. The van der Waals surface area contributed by atoms with E-state index in [1.54, 1.807) is 0 Å². The summed E-state index contributed by atoms with van der Waals surface area (Å²) in [6, 6.07) is 59.8. The lowest BCUT2D eigenvalue weighted by atomic mass is 9.91. The van der Waals surface area contributed by atoms with E-state index in [0.29, 0.717) is 0 Å². The molecule has 200 valence electrons. The quantitative estimate of drug-likeness (QED) is 0.195. The Morgan fingerprint density at radius 3 is 1.84 bits per heavy atom. The van der Waals surface area contributed by atoms with Crippen LogP contribution in [-0.2, 0) is 0 Å². The van der Waals surface area contributed by atoms with Crippen molar-refractivity contribution in [3.63, 3.8) is 0 Å². The molecular formula is C42H27N. The molecule has 0 unspecified atom stereocenters. The zero-order chi connectivity index (χ0) is 28.3. The highest BCUT2D eigenvalue weighted by Crippen LogP contribution is 2.38. The summed E-state index contributed by atoms with van der Waals surface area (Å²) in [6.07, 6.45) is 0. The Bertz CT molecular complexity index is 2510. The summed E-state index contributed by atoms with van der Waals surface area (Å²) in [5, 5.41) is 10.2. The zero-order valence-electron chi connectivity index (χ0n) is 23.5. The van der Waals surface area contributed by atoms with Crippen molar-refractivity contribution in [1.29, 1.82) is 0 Å². The molecule has 8 aromatic carbocycles. The number of benzene rings is 8. The van der Waals surface area contributed by atoms with E-state index in [2.05, 4.69) is 168 Å². The van der Waals surface area contributed by atoms with Crippen molar-refractivity contribution in [3.05, 3.63) is 164 Å². The maximum atomic E-state index is 2.40. The van der Waals surface area contributed by atoms with Crippen molar-refractivity contribution in [2.75, 3.05) is 0 Å². The van der Waals surface area contributed by atoms with Gasteiger partial charge in [0.25, 0.3) is 0 Å². The fourth-order valence-corrected chi connectivity index (χ4v) is 6.91. The van der Waals surface area contributed by atoms with Crippen LogP contribution in [0, 0.1) is 0 Å². The summed E-state index contributed by atoms with van der Waals surface area (Å²) in [5.74, 6) is 0. The lowest BCUT2D eigenvalue weighted by molar-refractivity contribution is 1.19. The molecule has 1 heterocycles. The third-order valence-corrected chi connectivity index (χ3v) is 8.94. The largest absolute Gasteiger partial charge is 0.309 e. The van der Waals surface area contributed by atoms with Crippen LogP contribution in [0.25, 0.3) is 82.1 Å². The van der Waals surface area contributed by atoms with E-state index in [-0.39, 0.29) is 0 Å². The van der Waals surface area contributed by atoms with Crippen molar-refractivity contribution in [3.8, 4) is 27.9 Å². The topological polar surface area (TPSA) is 4.93 Å². The highest BCUT2D eigenvalue weighted by molar-refractivity contribution is 6.14. The van der Waals surface area contributed by atoms with Gasteiger partial charge in [-0.3, -0.25) is 0 Å². The Kier molecular flexibility index (Phi) is 5.27. The molecule has 1 aromatic heterocycles. The van der Waals surface area contributed by atoms with E-state index in [4.69, 9.17) is 0 Å². The molecule has 0 amide bonds. The minimum absolute atomic E-state index is 1.18. The maximum Gasteiger partial charge on any atom is 0.0541 e. The van der Waals surface area contributed by atoms with Crippen LogP contribution in [0.5, 0.6) is 0 Å². The van der Waals surface area contributed by atoms with Gasteiger partial charge in [0.1, 0.15) is 0 Å². The van der Waals surface area contributed by atoms with Gasteiger partial charge in [0.2, 0.25) is 0 Å². The SMILES string of the molecule is c1cc(-c2ccc3c(c2)c2ccccc2n3-c2ccc3ccccc3c2)cc(-c2cc3ccccc3c3ccccc23)c1.